The maximum absolute atomic E-state index is 5.45. The first-order valence-electron chi connectivity index (χ1n) is 16.8. The zero-order valence-electron chi connectivity index (χ0n) is 28.8. The Morgan fingerprint density at radius 3 is 1.30 bits per heavy atom. The van der Waals surface area contributed by atoms with Crippen molar-refractivity contribution in [2.45, 2.75) is 20.8 Å². The van der Waals surface area contributed by atoms with Gasteiger partial charge in [0.2, 0.25) is 0 Å². The van der Waals surface area contributed by atoms with Gasteiger partial charge in [-0.3, -0.25) is 0 Å². The summed E-state index contributed by atoms with van der Waals surface area (Å²) in [6, 6.07) is 48.5. The molecule has 8 rings (SSSR count). The molecule has 0 fully saturated rings. The molecule has 8 aromatic rings. The molecule has 2 aromatic heterocycles. The van der Waals surface area contributed by atoms with Gasteiger partial charge in [-0.05, 0) is 134 Å². The van der Waals surface area contributed by atoms with Crippen molar-refractivity contribution in [2.75, 3.05) is 14.2 Å². The van der Waals surface area contributed by atoms with Gasteiger partial charge in [0, 0.05) is 38.2 Å². The van der Waals surface area contributed by atoms with Crippen molar-refractivity contribution in [2.24, 2.45) is 0 Å². The lowest BCUT2D eigenvalue weighted by molar-refractivity contribution is 0.415. The third-order valence-electron chi connectivity index (χ3n) is 9.56. The molecule has 6 aromatic carbocycles. The molecule has 2 heterocycles. The molecule has 244 valence electrons. The highest BCUT2D eigenvalue weighted by Crippen LogP contribution is 2.50. The molecule has 0 aliphatic heterocycles. The molecule has 50 heavy (non-hydrogen) atoms. The summed E-state index contributed by atoms with van der Waals surface area (Å²) in [7, 11) is 3.42. The van der Waals surface area contributed by atoms with Gasteiger partial charge in [-0.2, -0.15) is 0 Å². The molecule has 0 N–H and O–H groups in total. The van der Waals surface area contributed by atoms with E-state index in [1.165, 1.54) is 91.5 Å². The highest BCUT2D eigenvalue weighted by atomic mass is 32.1. The monoisotopic (exact) mass is 685 g/mol. The fraction of sp³-hybridized carbons (Fsp3) is 0.109. The molecule has 0 unspecified atom stereocenters. The van der Waals surface area contributed by atoms with Gasteiger partial charge in [-0.15, -0.1) is 22.7 Å². The second-order valence-corrected chi connectivity index (χ2v) is 14.9. The summed E-state index contributed by atoms with van der Waals surface area (Å²) in [5.74, 6) is 2.98. The quantitative estimate of drug-likeness (QED) is 0.117. The fourth-order valence-corrected chi connectivity index (χ4v) is 9.59. The smallest absolute Gasteiger partial charge is 0.118 e. The zero-order valence-corrected chi connectivity index (χ0v) is 30.5. The molecule has 0 spiro atoms. The maximum Gasteiger partial charge on any atom is 0.118 e. The van der Waals surface area contributed by atoms with Crippen LogP contribution in [0.25, 0.3) is 53.6 Å². The van der Waals surface area contributed by atoms with E-state index in [9.17, 15) is 0 Å². The highest BCUT2D eigenvalue weighted by Gasteiger charge is 2.33. The highest BCUT2D eigenvalue weighted by molar-refractivity contribution is 7.17. The first-order chi connectivity index (χ1) is 24.4. The molecule has 0 atom stereocenters. The first kappa shape index (κ1) is 31.9. The molecule has 0 aliphatic carbocycles. The molecule has 0 aliphatic rings. The maximum atomic E-state index is 5.45. The summed E-state index contributed by atoms with van der Waals surface area (Å²) in [5.41, 5.74) is 10.2. The molecule has 0 bridgehead atoms. The van der Waals surface area contributed by atoms with Gasteiger partial charge in [0.15, 0.2) is 0 Å². The van der Waals surface area contributed by atoms with Crippen molar-refractivity contribution in [3.63, 3.8) is 0 Å². The van der Waals surface area contributed by atoms with Gasteiger partial charge in [0.1, 0.15) is 21.3 Å². The van der Waals surface area contributed by atoms with E-state index in [0.29, 0.717) is 0 Å². The SMILES string of the molecule is COc1ccc(-c2ccc([C+](c3ccc(-c4ccc(OC)cc4)s3)c3c4ccccc4c(-c4c(C)cc(C)cc4C)c4ccccc34)s2)cc1. The van der Waals surface area contributed by atoms with E-state index >= 15 is 0 Å². The Balaban J connectivity index is 1.40. The van der Waals surface area contributed by atoms with Crippen molar-refractivity contribution < 1.29 is 9.47 Å². The van der Waals surface area contributed by atoms with E-state index in [4.69, 9.17) is 9.47 Å². The minimum absolute atomic E-state index is 0.861. The van der Waals surface area contributed by atoms with Crippen LogP contribution in [0.1, 0.15) is 32.0 Å². The number of rotatable bonds is 8. The van der Waals surface area contributed by atoms with Crippen molar-refractivity contribution in [3.8, 4) is 43.5 Å². The van der Waals surface area contributed by atoms with Crippen LogP contribution in [0, 0.1) is 26.7 Å². The standard InChI is InChI=1S/C46H37O2S2/c1-28-26-29(2)43(30(3)27-28)44-35-10-6-8-12-37(35)45(38-13-9-7-11-36(38)44)46(41-24-22-39(49-41)31-14-18-33(47-4)19-15-31)42-25-23-40(50-42)32-16-20-34(48-5)21-17-32/h6-27H,1-5H3/q+1. The van der Waals surface area contributed by atoms with Crippen LogP contribution >= 0.6 is 22.7 Å². The number of fused-ring (bicyclic) bond motifs is 2. The Morgan fingerprint density at radius 1 is 0.460 bits per heavy atom. The van der Waals surface area contributed by atoms with Crippen LogP contribution in [0.5, 0.6) is 11.5 Å². The zero-order chi connectivity index (χ0) is 34.4. The number of benzene rings is 6. The Morgan fingerprint density at radius 2 is 0.880 bits per heavy atom. The lowest BCUT2D eigenvalue weighted by Crippen LogP contribution is -2.04. The molecule has 0 amide bonds. The van der Waals surface area contributed by atoms with Crippen LogP contribution in [-0.2, 0) is 0 Å². The normalized spacial score (nSPS) is 11.3. The lowest BCUT2D eigenvalue weighted by Gasteiger charge is -2.20. The van der Waals surface area contributed by atoms with Crippen LogP contribution in [0.15, 0.2) is 133 Å². The summed E-state index contributed by atoms with van der Waals surface area (Å²) < 4.78 is 10.9. The molecule has 4 heteroatoms. The van der Waals surface area contributed by atoms with Crippen molar-refractivity contribution >= 4 is 44.2 Å². The number of methoxy groups -OCH3 is 2. The number of hydrogen-bond donors (Lipinski definition) is 0. The molecule has 0 radical (unpaired) electrons. The Kier molecular flexibility index (Phi) is 8.44. The summed E-state index contributed by atoms with van der Waals surface area (Å²) in [6.45, 7) is 6.69. The summed E-state index contributed by atoms with van der Waals surface area (Å²) in [5, 5.41) is 5.06. The third kappa shape index (κ3) is 5.65. The van der Waals surface area contributed by atoms with Crippen LogP contribution < -0.4 is 9.47 Å². The Labute approximate surface area is 302 Å². The van der Waals surface area contributed by atoms with Crippen LogP contribution in [0.3, 0.4) is 0 Å². The van der Waals surface area contributed by atoms with Gasteiger partial charge < -0.3 is 9.47 Å². The van der Waals surface area contributed by atoms with Crippen LogP contribution in [-0.4, -0.2) is 14.2 Å². The molecule has 0 saturated heterocycles. The largest absolute Gasteiger partial charge is 0.497 e. The van der Waals surface area contributed by atoms with E-state index in [1.807, 2.05) is 46.9 Å². The summed E-state index contributed by atoms with van der Waals surface area (Å²) in [4.78, 5) is 4.93. The minimum Gasteiger partial charge on any atom is -0.497 e. The van der Waals surface area contributed by atoms with Gasteiger partial charge in [-0.25, -0.2) is 0 Å². The lowest BCUT2D eigenvalue weighted by atomic mass is 9.81. The van der Waals surface area contributed by atoms with E-state index < -0.39 is 0 Å². The topological polar surface area (TPSA) is 18.5 Å². The van der Waals surface area contributed by atoms with Gasteiger partial charge in [-0.1, -0.05) is 42.0 Å². The predicted octanol–water partition coefficient (Wildman–Crippen LogP) is 13.1. The average molecular weight is 686 g/mol. The van der Waals surface area contributed by atoms with E-state index in [0.717, 1.165) is 11.5 Å². The second kappa shape index (κ2) is 13.2. The van der Waals surface area contributed by atoms with Gasteiger partial charge in [0.05, 0.1) is 36.5 Å². The number of ether oxygens (including phenoxy) is 2. The number of aryl methyl sites for hydroxylation is 3. The van der Waals surface area contributed by atoms with Crippen LogP contribution in [0.4, 0.5) is 0 Å². The molecular formula is C46H37O2S2+. The Bertz CT molecular complexity index is 2320. The van der Waals surface area contributed by atoms with Crippen LogP contribution in [0.2, 0.25) is 0 Å². The molecule has 0 saturated carbocycles. The number of hydrogen-bond acceptors (Lipinski definition) is 4. The van der Waals surface area contributed by atoms with Crippen molar-refractivity contribution in [3.05, 3.63) is 171 Å². The summed E-state index contributed by atoms with van der Waals surface area (Å²) in [6.07, 6.45) is 0. The average Bonchev–Trinajstić information content (AvgIpc) is 3.83. The van der Waals surface area contributed by atoms with Gasteiger partial charge in [0.25, 0.3) is 0 Å². The van der Waals surface area contributed by atoms with Crippen molar-refractivity contribution in [1.82, 2.24) is 0 Å². The van der Waals surface area contributed by atoms with E-state index in [1.54, 1.807) is 14.2 Å². The second-order valence-electron chi connectivity index (χ2n) is 12.8. The molecule has 2 nitrogen and oxygen atoms in total. The van der Waals surface area contributed by atoms with Gasteiger partial charge >= 0.3 is 0 Å². The Hall–Kier alpha value is -5.29. The fourth-order valence-electron chi connectivity index (χ4n) is 7.37. The predicted molar refractivity (Wildman–Crippen MR) is 214 cm³/mol. The third-order valence-corrected chi connectivity index (χ3v) is 11.9. The van der Waals surface area contributed by atoms with E-state index in [-0.39, 0.29) is 0 Å². The number of thiophene rings is 2. The van der Waals surface area contributed by atoms with E-state index in [2.05, 4.69) is 130 Å². The minimum atomic E-state index is 0.861. The molecular weight excluding hydrogens is 649 g/mol. The first-order valence-corrected chi connectivity index (χ1v) is 18.4. The van der Waals surface area contributed by atoms with Crippen molar-refractivity contribution in [1.29, 1.82) is 0 Å². The summed E-state index contributed by atoms with van der Waals surface area (Å²) >= 11 is 3.69.